The molecular formula is C18H25ClN6. The Labute approximate surface area is 153 Å². The molecule has 1 aliphatic heterocycles. The summed E-state index contributed by atoms with van der Waals surface area (Å²) in [5.74, 6) is 0.849. The number of guanidine groups is 1. The molecule has 0 amide bonds. The van der Waals surface area contributed by atoms with Crippen molar-refractivity contribution in [3.05, 3.63) is 47.2 Å². The van der Waals surface area contributed by atoms with Gasteiger partial charge in [-0.2, -0.15) is 5.10 Å². The lowest BCUT2D eigenvalue weighted by Crippen LogP contribution is -2.44. The van der Waals surface area contributed by atoms with E-state index in [-0.39, 0.29) is 0 Å². The highest BCUT2D eigenvalue weighted by molar-refractivity contribution is 6.30. The molecule has 1 saturated heterocycles. The van der Waals surface area contributed by atoms with Crippen molar-refractivity contribution in [2.75, 3.05) is 24.5 Å². The Hall–Kier alpha value is -2.21. The van der Waals surface area contributed by atoms with Gasteiger partial charge in [0.05, 0.1) is 12.2 Å². The molecule has 2 N–H and O–H groups in total. The molecule has 1 unspecified atom stereocenters. The first-order valence-electron chi connectivity index (χ1n) is 8.68. The Morgan fingerprint density at radius 3 is 3.00 bits per heavy atom. The Bertz CT molecular complexity index is 726. The lowest BCUT2D eigenvalue weighted by molar-refractivity contribution is 0.645. The number of rotatable bonds is 5. The first-order chi connectivity index (χ1) is 12.2. The van der Waals surface area contributed by atoms with Crippen LogP contribution >= 0.6 is 11.6 Å². The third-order valence-corrected chi connectivity index (χ3v) is 4.60. The fraction of sp³-hybridized carbons (Fsp3) is 0.444. The minimum absolute atomic E-state index is 0.364. The standard InChI is InChI=1S/C18H25ClN6/c1-3-20-18(21-12-17-7-9-22-24(17)2)23-15-8-10-25(13-15)16-6-4-5-14(19)11-16/h4-7,9,11,15H,3,8,10,12-13H2,1-2H3,(H2,20,21,23). The van der Waals surface area contributed by atoms with Gasteiger partial charge in [-0.05, 0) is 37.6 Å². The average Bonchev–Trinajstić information content (AvgIpc) is 3.22. The van der Waals surface area contributed by atoms with Gasteiger partial charge < -0.3 is 15.5 Å². The Kier molecular flexibility index (Phi) is 5.81. The van der Waals surface area contributed by atoms with Crippen LogP contribution in [0.4, 0.5) is 5.69 Å². The maximum absolute atomic E-state index is 6.11. The van der Waals surface area contributed by atoms with E-state index in [9.17, 15) is 0 Å². The number of nitrogens with zero attached hydrogens (tertiary/aromatic N) is 4. The maximum atomic E-state index is 6.11. The number of aryl methyl sites for hydroxylation is 1. The van der Waals surface area contributed by atoms with Crippen molar-refractivity contribution in [3.63, 3.8) is 0 Å². The van der Waals surface area contributed by atoms with Crippen LogP contribution in [0.1, 0.15) is 19.0 Å². The van der Waals surface area contributed by atoms with Crippen molar-refractivity contribution in [3.8, 4) is 0 Å². The van der Waals surface area contributed by atoms with Crippen LogP contribution in [0.25, 0.3) is 0 Å². The highest BCUT2D eigenvalue weighted by Crippen LogP contribution is 2.23. The molecule has 2 aromatic rings. The Balaban J connectivity index is 1.60. The van der Waals surface area contributed by atoms with E-state index < -0.39 is 0 Å². The zero-order valence-electron chi connectivity index (χ0n) is 14.7. The van der Waals surface area contributed by atoms with Crippen molar-refractivity contribution in [2.45, 2.75) is 25.9 Å². The number of hydrogen-bond acceptors (Lipinski definition) is 3. The summed E-state index contributed by atoms with van der Waals surface area (Å²) < 4.78 is 1.85. The number of anilines is 1. The van der Waals surface area contributed by atoms with Gasteiger partial charge in [-0.3, -0.25) is 4.68 Å². The van der Waals surface area contributed by atoms with Crippen LogP contribution in [-0.4, -0.2) is 41.4 Å². The van der Waals surface area contributed by atoms with E-state index >= 15 is 0 Å². The van der Waals surface area contributed by atoms with Crippen LogP contribution in [0.2, 0.25) is 5.02 Å². The van der Waals surface area contributed by atoms with Crippen LogP contribution in [0.5, 0.6) is 0 Å². The smallest absolute Gasteiger partial charge is 0.191 e. The molecule has 0 saturated carbocycles. The largest absolute Gasteiger partial charge is 0.369 e. The van der Waals surface area contributed by atoms with Crippen LogP contribution in [-0.2, 0) is 13.6 Å². The van der Waals surface area contributed by atoms with E-state index in [4.69, 9.17) is 11.6 Å². The molecule has 6 nitrogen and oxygen atoms in total. The molecule has 1 aromatic heterocycles. The summed E-state index contributed by atoms with van der Waals surface area (Å²) >= 11 is 6.11. The van der Waals surface area contributed by atoms with E-state index in [1.54, 1.807) is 6.20 Å². The van der Waals surface area contributed by atoms with E-state index in [0.717, 1.165) is 42.7 Å². The predicted octanol–water partition coefficient (Wildman–Crippen LogP) is 2.41. The normalized spacial score (nSPS) is 17.8. The van der Waals surface area contributed by atoms with Gasteiger partial charge >= 0.3 is 0 Å². The molecule has 0 bridgehead atoms. The monoisotopic (exact) mass is 360 g/mol. The minimum atomic E-state index is 0.364. The third kappa shape index (κ3) is 4.66. The van der Waals surface area contributed by atoms with E-state index in [2.05, 4.69) is 38.6 Å². The molecule has 0 radical (unpaired) electrons. The Morgan fingerprint density at radius 2 is 2.28 bits per heavy atom. The molecule has 1 fully saturated rings. The fourth-order valence-electron chi connectivity index (χ4n) is 3.02. The molecule has 1 atom stereocenters. The predicted molar refractivity (Wildman–Crippen MR) is 103 cm³/mol. The summed E-state index contributed by atoms with van der Waals surface area (Å²) in [6.45, 7) is 5.47. The number of benzene rings is 1. The van der Waals surface area contributed by atoms with Crippen molar-refractivity contribution < 1.29 is 0 Å². The van der Waals surface area contributed by atoms with Crippen molar-refractivity contribution in [1.82, 2.24) is 20.4 Å². The van der Waals surface area contributed by atoms with Gasteiger partial charge in [-0.25, -0.2) is 4.99 Å². The van der Waals surface area contributed by atoms with Crippen LogP contribution in [0.15, 0.2) is 41.5 Å². The molecule has 1 aromatic carbocycles. The lowest BCUT2D eigenvalue weighted by Gasteiger charge is -2.20. The highest BCUT2D eigenvalue weighted by Gasteiger charge is 2.23. The summed E-state index contributed by atoms with van der Waals surface area (Å²) in [6, 6.07) is 10.4. The number of aliphatic imine (C=N–C) groups is 1. The zero-order chi connectivity index (χ0) is 17.6. The first kappa shape index (κ1) is 17.6. The van der Waals surface area contributed by atoms with Gasteiger partial charge in [0.2, 0.25) is 0 Å². The van der Waals surface area contributed by atoms with Crippen LogP contribution < -0.4 is 15.5 Å². The molecule has 134 valence electrons. The van der Waals surface area contributed by atoms with Gasteiger partial charge in [0, 0.05) is 49.6 Å². The molecule has 25 heavy (non-hydrogen) atoms. The maximum Gasteiger partial charge on any atom is 0.191 e. The highest BCUT2D eigenvalue weighted by atomic mass is 35.5. The Morgan fingerprint density at radius 1 is 1.40 bits per heavy atom. The summed E-state index contributed by atoms with van der Waals surface area (Å²) in [5.41, 5.74) is 2.26. The molecular weight excluding hydrogens is 336 g/mol. The van der Waals surface area contributed by atoms with Crippen LogP contribution in [0.3, 0.4) is 0 Å². The second kappa shape index (κ2) is 8.25. The van der Waals surface area contributed by atoms with Crippen molar-refractivity contribution in [2.24, 2.45) is 12.0 Å². The number of nitrogens with one attached hydrogen (secondary N) is 2. The number of hydrogen-bond donors (Lipinski definition) is 2. The number of aromatic nitrogens is 2. The van der Waals surface area contributed by atoms with Crippen LogP contribution in [0, 0.1) is 0 Å². The molecule has 1 aliphatic rings. The van der Waals surface area contributed by atoms with E-state index in [1.807, 2.05) is 36.0 Å². The topological polar surface area (TPSA) is 57.5 Å². The average molecular weight is 361 g/mol. The SMILES string of the molecule is CCNC(=NCc1ccnn1C)NC1CCN(c2cccc(Cl)c2)C1. The molecule has 3 rings (SSSR count). The molecule has 2 heterocycles. The third-order valence-electron chi connectivity index (χ3n) is 4.37. The number of halogens is 1. The van der Waals surface area contributed by atoms with Gasteiger partial charge in [0.1, 0.15) is 0 Å². The summed E-state index contributed by atoms with van der Waals surface area (Å²) in [7, 11) is 1.94. The zero-order valence-corrected chi connectivity index (χ0v) is 15.5. The van der Waals surface area contributed by atoms with Crippen molar-refractivity contribution in [1.29, 1.82) is 0 Å². The molecule has 0 spiro atoms. The van der Waals surface area contributed by atoms with Gasteiger partial charge in [0.15, 0.2) is 5.96 Å². The summed E-state index contributed by atoms with van der Waals surface area (Å²) in [4.78, 5) is 7.04. The summed E-state index contributed by atoms with van der Waals surface area (Å²) in [5, 5.41) is 11.8. The first-order valence-corrected chi connectivity index (χ1v) is 9.05. The molecule has 7 heteroatoms. The van der Waals surface area contributed by atoms with E-state index in [1.165, 1.54) is 5.69 Å². The quantitative estimate of drug-likeness (QED) is 0.635. The second-order valence-electron chi connectivity index (χ2n) is 6.20. The van der Waals surface area contributed by atoms with Gasteiger partial charge in [-0.15, -0.1) is 0 Å². The lowest BCUT2D eigenvalue weighted by atomic mass is 10.2. The molecule has 0 aliphatic carbocycles. The van der Waals surface area contributed by atoms with Gasteiger partial charge in [-0.1, -0.05) is 17.7 Å². The van der Waals surface area contributed by atoms with E-state index in [0.29, 0.717) is 12.6 Å². The van der Waals surface area contributed by atoms with Gasteiger partial charge in [0.25, 0.3) is 0 Å². The second-order valence-corrected chi connectivity index (χ2v) is 6.63. The summed E-state index contributed by atoms with van der Waals surface area (Å²) in [6.07, 6.45) is 2.87. The van der Waals surface area contributed by atoms with Crippen molar-refractivity contribution >= 4 is 23.2 Å². The minimum Gasteiger partial charge on any atom is -0.369 e. The fourth-order valence-corrected chi connectivity index (χ4v) is 3.20.